The Hall–Kier alpha value is -1.26. The quantitative estimate of drug-likeness (QED) is 0.661. The van der Waals surface area contributed by atoms with E-state index in [2.05, 4.69) is 0 Å². The summed E-state index contributed by atoms with van der Waals surface area (Å²) in [5, 5.41) is 0. The maximum absolute atomic E-state index is 12.9. The highest BCUT2D eigenvalue weighted by Gasteiger charge is 2.72. The molecule has 4 heteroatoms. The van der Waals surface area contributed by atoms with Gasteiger partial charge in [0.15, 0.2) is 5.78 Å². The second kappa shape index (κ2) is 3.49. The molecule has 6 aliphatic rings. The standard InChI is InChI=1S/C16H16O4/c17-13-8-5-9-7-19-15(13)16(9)11(6-8)14(18)10-3-1-2-4-12(10)20-16/h1-4,8-12,15H,5-7H2. The summed E-state index contributed by atoms with van der Waals surface area (Å²) in [7, 11) is 0. The van der Waals surface area contributed by atoms with Crippen LogP contribution < -0.4 is 0 Å². The number of hydrogen-bond donors (Lipinski definition) is 0. The summed E-state index contributed by atoms with van der Waals surface area (Å²) < 4.78 is 12.1. The largest absolute Gasteiger partial charge is 0.367 e. The SMILES string of the molecule is O=C1C2C=CC=CC2OC23C4COC2C(=O)C(C4)CC13. The van der Waals surface area contributed by atoms with Crippen LogP contribution >= 0.6 is 0 Å². The van der Waals surface area contributed by atoms with Gasteiger partial charge in [0, 0.05) is 11.8 Å². The first-order valence-corrected chi connectivity index (χ1v) is 7.43. The minimum atomic E-state index is -0.667. The van der Waals surface area contributed by atoms with Crippen molar-refractivity contribution in [3.05, 3.63) is 24.3 Å². The highest BCUT2D eigenvalue weighted by atomic mass is 16.6. The molecule has 4 bridgehead atoms. The van der Waals surface area contributed by atoms with Crippen LogP contribution in [-0.4, -0.2) is 36.0 Å². The lowest BCUT2D eigenvalue weighted by atomic mass is 9.52. The van der Waals surface area contributed by atoms with E-state index >= 15 is 0 Å². The van der Waals surface area contributed by atoms with Gasteiger partial charge in [-0.15, -0.1) is 0 Å². The second-order valence-electron chi connectivity index (χ2n) is 6.67. The molecule has 0 aromatic rings. The van der Waals surface area contributed by atoms with Gasteiger partial charge in [-0.3, -0.25) is 9.59 Å². The van der Waals surface area contributed by atoms with Crippen LogP contribution in [0, 0.1) is 23.7 Å². The maximum Gasteiger partial charge on any atom is 0.167 e. The van der Waals surface area contributed by atoms with Gasteiger partial charge in [-0.25, -0.2) is 0 Å². The van der Waals surface area contributed by atoms with Crippen molar-refractivity contribution in [3.8, 4) is 0 Å². The highest BCUT2D eigenvalue weighted by Crippen LogP contribution is 2.59. The van der Waals surface area contributed by atoms with E-state index in [0.717, 1.165) is 6.42 Å². The molecule has 20 heavy (non-hydrogen) atoms. The monoisotopic (exact) mass is 272 g/mol. The zero-order chi connectivity index (χ0) is 13.5. The number of Topliss-reactive ketones (excluding diaryl/α,β-unsaturated/α-hetero) is 2. The fourth-order valence-electron chi connectivity index (χ4n) is 5.07. The Bertz CT molecular complexity index is 577. The molecule has 1 spiro atoms. The summed E-state index contributed by atoms with van der Waals surface area (Å²) in [6.07, 6.45) is 8.48. The smallest absolute Gasteiger partial charge is 0.167 e. The van der Waals surface area contributed by atoms with Crippen molar-refractivity contribution in [2.24, 2.45) is 23.7 Å². The minimum absolute atomic E-state index is 0.00610. The molecule has 2 saturated heterocycles. The third kappa shape index (κ3) is 1.09. The van der Waals surface area contributed by atoms with Gasteiger partial charge in [-0.05, 0) is 12.8 Å². The summed E-state index contributed by atoms with van der Waals surface area (Å²) in [5.41, 5.74) is -0.667. The summed E-state index contributed by atoms with van der Waals surface area (Å²) in [6, 6.07) is 0. The molecule has 0 N–H and O–H groups in total. The number of rotatable bonds is 0. The lowest BCUT2D eigenvalue weighted by Gasteiger charge is -2.57. The molecule has 7 atom stereocenters. The first kappa shape index (κ1) is 11.4. The fourth-order valence-corrected chi connectivity index (χ4v) is 5.07. The third-order valence-electron chi connectivity index (χ3n) is 5.90. The molecular weight excluding hydrogens is 256 g/mol. The molecule has 104 valence electrons. The Morgan fingerprint density at radius 1 is 1.10 bits per heavy atom. The molecule has 2 heterocycles. The lowest BCUT2D eigenvalue weighted by Crippen LogP contribution is -2.71. The average molecular weight is 272 g/mol. The molecule has 6 rings (SSSR count). The Balaban J connectivity index is 1.66. The Morgan fingerprint density at radius 2 is 1.95 bits per heavy atom. The third-order valence-corrected chi connectivity index (χ3v) is 5.90. The summed E-state index contributed by atoms with van der Waals surface area (Å²) >= 11 is 0. The van der Waals surface area contributed by atoms with E-state index in [1.807, 2.05) is 24.3 Å². The minimum Gasteiger partial charge on any atom is -0.367 e. The molecule has 2 aliphatic heterocycles. The first-order valence-electron chi connectivity index (χ1n) is 7.43. The summed E-state index contributed by atoms with van der Waals surface area (Å²) in [4.78, 5) is 25.3. The predicted molar refractivity (Wildman–Crippen MR) is 68.8 cm³/mol. The number of hydrogen-bond acceptors (Lipinski definition) is 4. The molecule has 5 fully saturated rings. The van der Waals surface area contributed by atoms with E-state index < -0.39 is 11.7 Å². The average Bonchev–Trinajstić information content (AvgIpc) is 2.75. The van der Waals surface area contributed by atoms with Crippen molar-refractivity contribution >= 4 is 11.6 Å². The van der Waals surface area contributed by atoms with Crippen molar-refractivity contribution < 1.29 is 19.1 Å². The van der Waals surface area contributed by atoms with Crippen molar-refractivity contribution in [2.45, 2.75) is 30.7 Å². The zero-order valence-electron chi connectivity index (χ0n) is 11.0. The Morgan fingerprint density at radius 3 is 2.85 bits per heavy atom. The highest BCUT2D eigenvalue weighted by molar-refractivity contribution is 5.96. The van der Waals surface area contributed by atoms with Gasteiger partial charge >= 0.3 is 0 Å². The van der Waals surface area contributed by atoms with Gasteiger partial charge in [-0.1, -0.05) is 24.3 Å². The predicted octanol–water partition coefficient (Wildman–Crippen LogP) is 1.06. The number of carbonyl (C=O) groups excluding carboxylic acids is 2. The van der Waals surface area contributed by atoms with Crippen LogP contribution in [0.2, 0.25) is 0 Å². The number of ether oxygens (including phenoxy) is 2. The van der Waals surface area contributed by atoms with Crippen molar-refractivity contribution in [1.82, 2.24) is 0 Å². The van der Waals surface area contributed by atoms with Gasteiger partial charge < -0.3 is 9.47 Å². The first-order chi connectivity index (χ1) is 9.72. The van der Waals surface area contributed by atoms with Gasteiger partial charge in [0.1, 0.15) is 17.5 Å². The molecule has 0 aromatic carbocycles. The molecule has 0 amide bonds. The number of ketones is 2. The number of fused-ring (bicyclic) bond motifs is 1. The van der Waals surface area contributed by atoms with E-state index in [1.165, 1.54) is 0 Å². The molecule has 4 nitrogen and oxygen atoms in total. The van der Waals surface area contributed by atoms with Crippen LogP contribution in [0.4, 0.5) is 0 Å². The molecule has 7 unspecified atom stereocenters. The Kier molecular flexibility index (Phi) is 1.99. The van der Waals surface area contributed by atoms with Gasteiger partial charge in [-0.2, -0.15) is 0 Å². The van der Waals surface area contributed by atoms with E-state index in [9.17, 15) is 9.59 Å². The fraction of sp³-hybridized carbons (Fsp3) is 0.625. The van der Waals surface area contributed by atoms with Gasteiger partial charge in [0.05, 0.1) is 24.5 Å². The molecule has 4 aliphatic carbocycles. The molecule has 0 aromatic heterocycles. The topological polar surface area (TPSA) is 52.6 Å². The van der Waals surface area contributed by atoms with Crippen molar-refractivity contribution in [1.29, 1.82) is 0 Å². The summed E-state index contributed by atoms with van der Waals surface area (Å²) in [6.45, 7) is 0.563. The second-order valence-corrected chi connectivity index (χ2v) is 6.67. The van der Waals surface area contributed by atoms with Crippen LogP contribution in [0.1, 0.15) is 12.8 Å². The summed E-state index contributed by atoms with van der Waals surface area (Å²) in [5.74, 6) is 0.291. The Labute approximate surface area is 116 Å². The van der Waals surface area contributed by atoms with Crippen molar-refractivity contribution in [3.63, 3.8) is 0 Å². The molecule has 3 saturated carbocycles. The van der Waals surface area contributed by atoms with Crippen LogP contribution in [0.25, 0.3) is 0 Å². The number of allylic oxidation sites excluding steroid dienone is 2. The van der Waals surface area contributed by atoms with E-state index in [-0.39, 0.29) is 41.3 Å². The molecular formula is C16H16O4. The van der Waals surface area contributed by atoms with E-state index in [1.54, 1.807) is 0 Å². The maximum atomic E-state index is 12.9. The van der Waals surface area contributed by atoms with Crippen molar-refractivity contribution in [2.75, 3.05) is 6.61 Å². The van der Waals surface area contributed by atoms with Crippen LogP contribution in [0.5, 0.6) is 0 Å². The van der Waals surface area contributed by atoms with E-state index in [4.69, 9.17) is 9.47 Å². The lowest BCUT2D eigenvalue weighted by molar-refractivity contribution is -0.228. The number of carbonyl (C=O) groups is 2. The van der Waals surface area contributed by atoms with Gasteiger partial charge in [0.2, 0.25) is 0 Å². The van der Waals surface area contributed by atoms with Crippen LogP contribution in [0.3, 0.4) is 0 Å². The van der Waals surface area contributed by atoms with Crippen LogP contribution in [-0.2, 0) is 19.1 Å². The van der Waals surface area contributed by atoms with Crippen LogP contribution in [0.15, 0.2) is 24.3 Å². The zero-order valence-corrected chi connectivity index (χ0v) is 11.0. The van der Waals surface area contributed by atoms with Gasteiger partial charge in [0.25, 0.3) is 0 Å². The van der Waals surface area contributed by atoms with E-state index in [0.29, 0.717) is 13.0 Å². The normalized spacial score (nSPS) is 55.0. The molecule has 0 radical (unpaired) electrons.